The van der Waals surface area contributed by atoms with Gasteiger partial charge in [0.15, 0.2) is 0 Å². The fraction of sp³-hybridized carbons (Fsp3) is 0.125. The van der Waals surface area contributed by atoms with Crippen molar-refractivity contribution in [2.45, 2.75) is 13.5 Å². The van der Waals surface area contributed by atoms with E-state index in [0.717, 1.165) is 0 Å². The summed E-state index contributed by atoms with van der Waals surface area (Å²) >= 11 is 1.43. The second-order valence-electron chi connectivity index (χ2n) is 4.90. The van der Waals surface area contributed by atoms with Gasteiger partial charge in [-0.05, 0) is 30.5 Å². The Labute approximate surface area is 141 Å². The Balaban J connectivity index is 2.27. The van der Waals surface area contributed by atoms with Gasteiger partial charge in [0.05, 0.1) is 11.9 Å². The molecule has 0 aliphatic heterocycles. The average Bonchev–Trinajstić information content (AvgIpc) is 3.11. The zero-order valence-corrected chi connectivity index (χ0v) is 13.6. The van der Waals surface area contributed by atoms with Gasteiger partial charge in [0.2, 0.25) is 0 Å². The fourth-order valence-electron chi connectivity index (χ4n) is 2.29. The molecule has 0 amide bonds. The van der Waals surface area contributed by atoms with Crippen LogP contribution >= 0.6 is 11.3 Å². The molecule has 3 rings (SSSR count). The molecule has 0 atom stereocenters. The minimum absolute atomic E-state index is 0.0199. The number of nitrogens with zero attached hydrogens (tertiary/aromatic N) is 3. The molecule has 0 unspecified atom stereocenters. The van der Waals surface area contributed by atoms with E-state index in [1.165, 1.54) is 22.2 Å². The predicted octanol–water partition coefficient (Wildman–Crippen LogP) is 2.83. The molecule has 0 aliphatic rings. The summed E-state index contributed by atoms with van der Waals surface area (Å²) in [6.45, 7) is 2.11. The van der Waals surface area contributed by atoms with E-state index >= 15 is 0 Å². The maximum atomic E-state index is 12.6. The first-order valence-corrected chi connectivity index (χ1v) is 8.14. The Morgan fingerprint density at radius 3 is 2.83 bits per heavy atom. The quantitative estimate of drug-likeness (QED) is 0.740. The van der Waals surface area contributed by atoms with Crippen molar-refractivity contribution >= 4 is 28.7 Å². The summed E-state index contributed by atoms with van der Waals surface area (Å²) in [4.78, 5) is 28.4. The van der Waals surface area contributed by atoms with E-state index in [9.17, 15) is 14.7 Å². The molecule has 0 aliphatic carbocycles. The van der Waals surface area contributed by atoms with Gasteiger partial charge < -0.3 is 10.4 Å². The summed E-state index contributed by atoms with van der Waals surface area (Å²) in [5, 5.41) is 20.4. The molecule has 0 fully saturated rings. The van der Waals surface area contributed by atoms with Crippen molar-refractivity contribution in [2.24, 2.45) is 0 Å². The minimum atomic E-state index is -1.21. The SMILES string of the molecule is CCn1nc(-c2ccsc2)c(C(=O)O)c(Nc2cccnc2)c1=O. The van der Waals surface area contributed by atoms with Crippen LogP contribution in [0.1, 0.15) is 17.3 Å². The lowest BCUT2D eigenvalue weighted by molar-refractivity contribution is 0.0698. The van der Waals surface area contributed by atoms with Gasteiger partial charge in [0, 0.05) is 23.7 Å². The lowest BCUT2D eigenvalue weighted by Gasteiger charge is -2.14. The Morgan fingerprint density at radius 2 is 2.25 bits per heavy atom. The lowest BCUT2D eigenvalue weighted by Crippen LogP contribution is -2.28. The van der Waals surface area contributed by atoms with Crippen LogP contribution in [0.5, 0.6) is 0 Å². The maximum Gasteiger partial charge on any atom is 0.340 e. The van der Waals surface area contributed by atoms with E-state index in [1.54, 1.807) is 36.7 Å². The van der Waals surface area contributed by atoms with E-state index in [-0.39, 0.29) is 16.9 Å². The van der Waals surface area contributed by atoms with Gasteiger partial charge in [0.25, 0.3) is 5.56 Å². The number of aryl methyl sites for hydroxylation is 1. The Morgan fingerprint density at radius 1 is 1.42 bits per heavy atom. The van der Waals surface area contributed by atoms with Crippen LogP contribution in [-0.4, -0.2) is 25.8 Å². The zero-order valence-electron chi connectivity index (χ0n) is 12.8. The number of aromatic carboxylic acids is 1. The number of aromatic nitrogens is 3. The monoisotopic (exact) mass is 342 g/mol. The van der Waals surface area contributed by atoms with Crippen molar-refractivity contribution in [3.05, 3.63) is 57.3 Å². The molecule has 0 saturated carbocycles. The Kier molecular flexibility index (Phi) is 4.39. The molecular formula is C16H14N4O3S. The number of hydrogen-bond acceptors (Lipinski definition) is 6. The van der Waals surface area contributed by atoms with E-state index < -0.39 is 11.5 Å². The van der Waals surface area contributed by atoms with E-state index in [2.05, 4.69) is 15.4 Å². The highest BCUT2D eigenvalue weighted by molar-refractivity contribution is 7.08. The third kappa shape index (κ3) is 2.91. The lowest BCUT2D eigenvalue weighted by atomic mass is 10.1. The number of pyridine rings is 1. The number of carbonyl (C=O) groups is 1. The topological polar surface area (TPSA) is 97.1 Å². The van der Waals surface area contributed by atoms with E-state index in [0.29, 0.717) is 17.8 Å². The molecule has 122 valence electrons. The third-order valence-corrected chi connectivity index (χ3v) is 4.08. The van der Waals surface area contributed by atoms with Crippen LogP contribution < -0.4 is 10.9 Å². The van der Waals surface area contributed by atoms with Gasteiger partial charge in [-0.1, -0.05) is 0 Å². The average molecular weight is 342 g/mol. The fourth-order valence-corrected chi connectivity index (χ4v) is 2.93. The summed E-state index contributed by atoms with van der Waals surface area (Å²) < 4.78 is 1.25. The van der Waals surface area contributed by atoms with Crippen LogP contribution in [0.4, 0.5) is 11.4 Å². The van der Waals surface area contributed by atoms with Gasteiger partial charge in [-0.15, -0.1) is 0 Å². The van der Waals surface area contributed by atoms with E-state index in [1.807, 2.05) is 5.38 Å². The second-order valence-corrected chi connectivity index (χ2v) is 5.68. The van der Waals surface area contributed by atoms with E-state index in [4.69, 9.17) is 0 Å². The summed E-state index contributed by atoms with van der Waals surface area (Å²) in [5.74, 6) is -1.21. The molecule has 24 heavy (non-hydrogen) atoms. The van der Waals surface area contributed by atoms with Crippen molar-refractivity contribution in [1.82, 2.24) is 14.8 Å². The highest BCUT2D eigenvalue weighted by Gasteiger charge is 2.24. The van der Waals surface area contributed by atoms with Gasteiger partial charge in [-0.25, -0.2) is 9.48 Å². The second kappa shape index (κ2) is 6.63. The van der Waals surface area contributed by atoms with Crippen molar-refractivity contribution in [3.63, 3.8) is 0 Å². The maximum absolute atomic E-state index is 12.6. The molecule has 0 bridgehead atoms. The molecule has 3 aromatic rings. The first-order chi connectivity index (χ1) is 11.6. The minimum Gasteiger partial charge on any atom is -0.478 e. The van der Waals surface area contributed by atoms with Crippen molar-refractivity contribution in [3.8, 4) is 11.3 Å². The number of nitrogens with one attached hydrogen (secondary N) is 1. The third-order valence-electron chi connectivity index (χ3n) is 3.39. The highest BCUT2D eigenvalue weighted by Crippen LogP contribution is 2.28. The molecular weight excluding hydrogens is 328 g/mol. The number of thiophene rings is 1. The summed E-state index contributed by atoms with van der Waals surface area (Å²) in [6, 6.07) is 5.18. The number of hydrogen-bond donors (Lipinski definition) is 2. The van der Waals surface area contributed by atoms with Gasteiger partial charge in [-0.2, -0.15) is 16.4 Å². The molecule has 3 heterocycles. The number of carboxylic acid groups (broad SMARTS) is 1. The van der Waals surface area contributed by atoms with Crippen LogP contribution in [0.2, 0.25) is 0 Å². The smallest absolute Gasteiger partial charge is 0.340 e. The number of carboxylic acids is 1. The number of rotatable bonds is 5. The van der Waals surface area contributed by atoms with Crippen molar-refractivity contribution in [2.75, 3.05) is 5.32 Å². The van der Waals surface area contributed by atoms with Crippen LogP contribution in [0, 0.1) is 0 Å². The molecule has 7 nitrogen and oxygen atoms in total. The zero-order chi connectivity index (χ0) is 17.1. The van der Waals surface area contributed by atoms with Gasteiger partial charge in [0.1, 0.15) is 16.9 Å². The Bertz CT molecular complexity index is 920. The molecule has 3 aromatic heterocycles. The van der Waals surface area contributed by atoms with Crippen LogP contribution in [0.15, 0.2) is 46.1 Å². The summed E-state index contributed by atoms with van der Waals surface area (Å²) in [7, 11) is 0. The van der Waals surface area contributed by atoms with Crippen molar-refractivity contribution in [1.29, 1.82) is 0 Å². The van der Waals surface area contributed by atoms with Crippen LogP contribution in [0.25, 0.3) is 11.3 Å². The normalized spacial score (nSPS) is 10.5. The van der Waals surface area contributed by atoms with Gasteiger partial charge >= 0.3 is 5.97 Å². The largest absolute Gasteiger partial charge is 0.478 e. The molecule has 2 N–H and O–H groups in total. The summed E-state index contributed by atoms with van der Waals surface area (Å²) in [6.07, 6.45) is 3.11. The van der Waals surface area contributed by atoms with Crippen molar-refractivity contribution < 1.29 is 9.90 Å². The Hall–Kier alpha value is -3.00. The highest BCUT2D eigenvalue weighted by atomic mass is 32.1. The first kappa shape index (κ1) is 15.9. The molecule has 8 heteroatoms. The molecule has 0 saturated heterocycles. The molecule has 0 aromatic carbocycles. The van der Waals surface area contributed by atoms with Crippen LogP contribution in [0.3, 0.4) is 0 Å². The molecule has 0 radical (unpaired) electrons. The van der Waals surface area contributed by atoms with Crippen LogP contribution in [-0.2, 0) is 6.54 Å². The number of anilines is 2. The summed E-state index contributed by atoms with van der Waals surface area (Å²) in [5.41, 5.74) is 0.797. The first-order valence-electron chi connectivity index (χ1n) is 7.19. The van der Waals surface area contributed by atoms with Gasteiger partial charge in [-0.3, -0.25) is 9.78 Å². The predicted molar refractivity (Wildman–Crippen MR) is 92.0 cm³/mol. The molecule has 0 spiro atoms. The standard InChI is InChI=1S/C16H14N4O3S/c1-2-20-15(21)14(18-11-4-3-6-17-8-11)12(16(22)23)13(19-20)10-5-7-24-9-10/h3-9,18H,2H2,1H3,(H,22,23).